The molecule has 0 spiro atoms. The van der Waals surface area contributed by atoms with Crippen LogP contribution in [0.3, 0.4) is 0 Å². The molecule has 1 aliphatic rings. The molecule has 0 N–H and O–H groups in total. The molecule has 1 aromatic heterocycles. The lowest BCUT2D eigenvalue weighted by Gasteiger charge is -2.36. The molecule has 4 rings (SSSR count). The highest BCUT2D eigenvalue weighted by Gasteiger charge is 2.28. The Balaban J connectivity index is 1.36. The number of piperazine rings is 1. The number of nitrogens with zero attached hydrogens (tertiary/aromatic N) is 6. The number of rotatable bonds is 8. The third-order valence-corrected chi connectivity index (χ3v) is 5.88. The fourth-order valence-corrected chi connectivity index (χ4v) is 4.14. The Hall–Kier alpha value is -3.26. The molecule has 8 heteroatoms. The minimum absolute atomic E-state index is 0.0743. The molecule has 0 saturated carbocycles. The summed E-state index contributed by atoms with van der Waals surface area (Å²) in [6, 6.07) is 17.8. The van der Waals surface area contributed by atoms with Gasteiger partial charge in [0.2, 0.25) is 5.91 Å². The van der Waals surface area contributed by atoms with Crippen molar-refractivity contribution in [2.75, 3.05) is 32.8 Å². The van der Waals surface area contributed by atoms with Gasteiger partial charge in [0.05, 0.1) is 24.8 Å². The molecule has 3 aromatic rings. The average molecular weight is 435 g/mol. The van der Waals surface area contributed by atoms with Crippen molar-refractivity contribution in [3.05, 3.63) is 66.0 Å². The van der Waals surface area contributed by atoms with Gasteiger partial charge in [0.25, 0.3) is 0 Å². The predicted octanol–water partition coefficient (Wildman–Crippen LogP) is 2.90. The summed E-state index contributed by atoms with van der Waals surface area (Å²) >= 11 is 0. The number of tetrazole rings is 1. The maximum Gasteiger partial charge on any atom is 0.230 e. The maximum atomic E-state index is 13.1. The Morgan fingerprint density at radius 1 is 1.00 bits per heavy atom. The van der Waals surface area contributed by atoms with Crippen LogP contribution >= 0.6 is 0 Å². The van der Waals surface area contributed by atoms with Gasteiger partial charge in [-0.1, -0.05) is 37.3 Å². The van der Waals surface area contributed by atoms with E-state index < -0.39 is 0 Å². The molecule has 1 aliphatic heterocycles. The SMILES string of the molecule is CCOc1ccc(-n2nnnc2CN2CCN(C(=O)[C@H](CC)c3ccccc3)CC2)cc1. The quantitative estimate of drug-likeness (QED) is 0.543. The van der Waals surface area contributed by atoms with E-state index in [0.717, 1.165) is 42.3 Å². The molecule has 2 aromatic carbocycles. The molecule has 168 valence electrons. The van der Waals surface area contributed by atoms with Crippen molar-refractivity contribution in [1.82, 2.24) is 30.0 Å². The third kappa shape index (κ3) is 4.96. The highest BCUT2D eigenvalue weighted by molar-refractivity contribution is 5.83. The number of benzene rings is 2. The fraction of sp³-hybridized carbons (Fsp3) is 0.417. The molecule has 0 bridgehead atoms. The van der Waals surface area contributed by atoms with Gasteiger partial charge in [0, 0.05) is 26.2 Å². The van der Waals surface area contributed by atoms with Crippen LogP contribution in [0.1, 0.15) is 37.6 Å². The van der Waals surface area contributed by atoms with Crippen molar-refractivity contribution < 1.29 is 9.53 Å². The summed E-state index contributed by atoms with van der Waals surface area (Å²) < 4.78 is 7.27. The van der Waals surface area contributed by atoms with Gasteiger partial charge in [-0.05, 0) is 53.6 Å². The summed E-state index contributed by atoms with van der Waals surface area (Å²) in [5, 5.41) is 12.3. The first-order valence-corrected chi connectivity index (χ1v) is 11.3. The molecular formula is C24H30N6O2. The molecular weight excluding hydrogens is 404 g/mol. The second kappa shape index (κ2) is 10.4. The van der Waals surface area contributed by atoms with Gasteiger partial charge >= 0.3 is 0 Å². The van der Waals surface area contributed by atoms with Gasteiger partial charge < -0.3 is 9.64 Å². The van der Waals surface area contributed by atoms with Crippen LogP contribution in [0.4, 0.5) is 0 Å². The van der Waals surface area contributed by atoms with E-state index in [9.17, 15) is 4.79 Å². The van der Waals surface area contributed by atoms with E-state index >= 15 is 0 Å². The Kier molecular flexibility index (Phi) is 7.11. The molecule has 1 atom stereocenters. The second-order valence-electron chi connectivity index (χ2n) is 7.91. The lowest BCUT2D eigenvalue weighted by atomic mass is 9.95. The van der Waals surface area contributed by atoms with Gasteiger partial charge in [-0.15, -0.1) is 5.10 Å². The van der Waals surface area contributed by atoms with Crippen LogP contribution in [-0.2, 0) is 11.3 Å². The first kappa shape index (κ1) is 22.0. The lowest BCUT2D eigenvalue weighted by molar-refractivity contribution is -0.134. The van der Waals surface area contributed by atoms with Crippen LogP contribution < -0.4 is 4.74 Å². The molecule has 32 heavy (non-hydrogen) atoms. The summed E-state index contributed by atoms with van der Waals surface area (Å²) in [5.41, 5.74) is 1.99. The summed E-state index contributed by atoms with van der Waals surface area (Å²) in [7, 11) is 0. The normalized spacial score (nSPS) is 15.5. The first-order valence-electron chi connectivity index (χ1n) is 11.3. The molecule has 1 fully saturated rings. The Bertz CT molecular complexity index is 997. The summed E-state index contributed by atoms with van der Waals surface area (Å²) in [4.78, 5) is 17.4. The molecule has 2 heterocycles. The zero-order chi connectivity index (χ0) is 22.3. The van der Waals surface area contributed by atoms with E-state index in [-0.39, 0.29) is 11.8 Å². The first-order chi connectivity index (χ1) is 15.7. The molecule has 1 saturated heterocycles. The Morgan fingerprint density at radius 3 is 2.38 bits per heavy atom. The maximum absolute atomic E-state index is 13.1. The predicted molar refractivity (Wildman–Crippen MR) is 122 cm³/mol. The monoisotopic (exact) mass is 434 g/mol. The zero-order valence-electron chi connectivity index (χ0n) is 18.7. The van der Waals surface area contributed by atoms with Crippen molar-refractivity contribution >= 4 is 5.91 Å². The molecule has 8 nitrogen and oxygen atoms in total. The van der Waals surface area contributed by atoms with Gasteiger partial charge in [-0.2, -0.15) is 4.68 Å². The Morgan fingerprint density at radius 2 is 1.72 bits per heavy atom. The second-order valence-corrected chi connectivity index (χ2v) is 7.91. The lowest BCUT2D eigenvalue weighted by Crippen LogP contribution is -2.49. The largest absolute Gasteiger partial charge is 0.494 e. The van der Waals surface area contributed by atoms with Crippen molar-refractivity contribution in [1.29, 1.82) is 0 Å². The van der Waals surface area contributed by atoms with Crippen molar-refractivity contribution in [2.24, 2.45) is 0 Å². The van der Waals surface area contributed by atoms with E-state index in [2.05, 4.69) is 27.3 Å². The third-order valence-electron chi connectivity index (χ3n) is 5.88. The number of hydrogen-bond acceptors (Lipinski definition) is 6. The van der Waals surface area contributed by atoms with Crippen molar-refractivity contribution in [3.8, 4) is 11.4 Å². The van der Waals surface area contributed by atoms with Gasteiger partial charge in [0.15, 0.2) is 5.82 Å². The van der Waals surface area contributed by atoms with E-state index in [1.807, 2.05) is 66.4 Å². The highest BCUT2D eigenvalue weighted by atomic mass is 16.5. The van der Waals surface area contributed by atoms with Crippen LogP contribution in [-0.4, -0.2) is 68.7 Å². The number of carbonyl (C=O) groups is 1. The number of aromatic nitrogens is 4. The van der Waals surface area contributed by atoms with Crippen LogP contribution in [0.2, 0.25) is 0 Å². The van der Waals surface area contributed by atoms with Crippen molar-refractivity contribution in [3.63, 3.8) is 0 Å². The van der Waals surface area contributed by atoms with Crippen LogP contribution in [0.25, 0.3) is 5.69 Å². The van der Waals surface area contributed by atoms with E-state index in [1.54, 1.807) is 4.68 Å². The Labute approximate surface area is 188 Å². The number of hydrogen-bond donors (Lipinski definition) is 0. The topological polar surface area (TPSA) is 76.4 Å². The van der Waals surface area contributed by atoms with E-state index in [1.165, 1.54) is 0 Å². The number of amides is 1. The standard InChI is InChI=1S/C24H30N6O2/c1-3-22(19-8-6-5-7-9-19)24(31)29-16-14-28(15-17-29)18-23-25-26-27-30(23)20-10-12-21(13-11-20)32-4-2/h5-13,22H,3-4,14-18H2,1-2H3/t22-/m1/s1. The molecule has 0 radical (unpaired) electrons. The van der Waals surface area contributed by atoms with Gasteiger partial charge in [-0.25, -0.2) is 0 Å². The van der Waals surface area contributed by atoms with E-state index in [4.69, 9.17) is 4.74 Å². The molecule has 0 unspecified atom stereocenters. The number of ether oxygens (including phenoxy) is 1. The number of carbonyl (C=O) groups excluding carboxylic acids is 1. The smallest absolute Gasteiger partial charge is 0.230 e. The average Bonchev–Trinajstić information content (AvgIpc) is 3.29. The summed E-state index contributed by atoms with van der Waals surface area (Å²) in [6.07, 6.45) is 0.805. The van der Waals surface area contributed by atoms with Gasteiger partial charge in [0.1, 0.15) is 5.75 Å². The minimum atomic E-state index is -0.0743. The highest BCUT2D eigenvalue weighted by Crippen LogP contribution is 2.23. The minimum Gasteiger partial charge on any atom is -0.494 e. The zero-order valence-corrected chi connectivity index (χ0v) is 18.7. The summed E-state index contributed by atoms with van der Waals surface area (Å²) in [6.45, 7) is 8.34. The molecule has 0 aliphatic carbocycles. The van der Waals surface area contributed by atoms with Crippen LogP contribution in [0.5, 0.6) is 5.75 Å². The van der Waals surface area contributed by atoms with Crippen LogP contribution in [0.15, 0.2) is 54.6 Å². The van der Waals surface area contributed by atoms with Crippen LogP contribution in [0, 0.1) is 0 Å². The summed E-state index contributed by atoms with van der Waals surface area (Å²) in [5.74, 6) is 1.75. The van der Waals surface area contributed by atoms with Gasteiger partial charge in [-0.3, -0.25) is 9.69 Å². The van der Waals surface area contributed by atoms with E-state index in [0.29, 0.717) is 26.2 Å². The van der Waals surface area contributed by atoms with Crippen molar-refractivity contribution in [2.45, 2.75) is 32.7 Å². The molecule has 1 amide bonds. The fourth-order valence-electron chi connectivity index (χ4n) is 4.14.